The average molecular weight is 283 g/mol. The highest BCUT2D eigenvalue weighted by molar-refractivity contribution is 5.66. The van der Waals surface area contributed by atoms with E-state index in [9.17, 15) is 0 Å². The number of nitrogens with two attached hydrogens (primary N) is 1. The Morgan fingerprint density at radius 2 is 1.81 bits per heavy atom. The largest absolute Gasteiger partial charge is 0.399 e. The second kappa shape index (κ2) is 6.12. The maximum atomic E-state index is 5.66. The number of nitrogen functional groups attached to an aromatic ring is 1. The summed E-state index contributed by atoms with van der Waals surface area (Å²) in [6.07, 6.45) is 8.67. The van der Waals surface area contributed by atoms with E-state index in [0.717, 1.165) is 23.0 Å². The van der Waals surface area contributed by atoms with Gasteiger partial charge in [0.2, 0.25) is 0 Å². The quantitative estimate of drug-likeness (QED) is 0.861. The van der Waals surface area contributed by atoms with E-state index in [1.807, 2.05) is 36.4 Å². The lowest BCUT2D eigenvalue weighted by Gasteiger charge is -2.23. The number of aromatic nitrogens is 2. The molecule has 0 atom stereocenters. The van der Waals surface area contributed by atoms with Crippen molar-refractivity contribution in [1.29, 1.82) is 0 Å². The monoisotopic (exact) mass is 283 g/mol. The van der Waals surface area contributed by atoms with E-state index in [2.05, 4.69) is 17.1 Å². The molecule has 1 aromatic carbocycles. The molecule has 4 heteroatoms. The molecule has 4 nitrogen and oxygen atoms in total. The van der Waals surface area contributed by atoms with Crippen molar-refractivity contribution in [3.05, 3.63) is 41.5 Å². The van der Waals surface area contributed by atoms with E-state index in [4.69, 9.17) is 10.3 Å². The third kappa shape index (κ3) is 3.51. The summed E-state index contributed by atoms with van der Waals surface area (Å²) < 4.78 is 5.32. The third-order valence-electron chi connectivity index (χ3n) is 4.19. The summed E-state index contributed by atoms with van der Waals surface area (Å²) >= 11 is 0. The molecule has 1 saturated carbocycles. The van der Waals surface area contributed by atoms with Gasteiger partial charge < -0.3 is 10.3 Å². The Kier molecular flexibility index (Phi) is 4.04. The number of nitrogens with zero attached hydrogens (tertiary/aromatic N) is 2. The van der Waals surface area contributed by atoms with E-state index in [1.54, 1.807) is 0 Å². The zero-order valence-electron chi connectivity index (χ0n) is 12.3. The molecule has 21 heavy (non-hydrogen) atoms. The van der Waals surface area contributed by atoms with Crippen molar-refractivity contribution >= 4 is 17.8 Å². The summed E-state index contributed by atoms with van der Waals surface area (Å²) in [7, 11) is 0. The summed E-state index contributed by atoms with van der Waals surface area (Å²) in [5, 5.41) is 4.13. The molecule has 3 rings (SSSR count). The van der Waals surface area contributed by atoms with Crippen LogP contribution >= 0.6 is 0 Å². The number of hydrogen-bond donors (Lipinski definition) is 1. The summed E-state index contributed by atoms with van der Waals surface area (Å²) in [6, 6.07) is 7.68. The Morgan fingerprint density at radius 3 is 2.52 bits per heavy atom. The second-order valence-electron chi connectivity index (χ2n) is 5.95. The van der Waals surface area contributed by atoms with Gasteiger partial charge in [-0.2, -0.15) is 4.98 Å². The van der Waals surface area contributed by atoms with E-state index in [-0.39, 0.29) is 0 Å². The van der Waals surface area contributed by atoms with Crippen LogP contribution in [-0.2, 0) is 0 Å². The molecule has 1 heterocycles. The van der Waals surface area contributed by atoms with Gasteiger partial charge >= 0.3 is 0 Å². The van der Waals surface area contributed by atoms with Gasteiger partial charge in [0.05, 0.1) is 0 Å². The van der Waals surface area contributed by atoms with Crippen LogP contribution in [0.5, 0.6) is 0 Å². The predicted octanol–water partition coefficient (Wildman–Crippen LogP) is 4.12. The van der Waals surface area contributed by atoms with Gasteiger partial charge in [-0.25, -0.2) is 0 Å². The topological polar surface area (TPSA) is 64.9 Å². The first-order valence-electron chi connectivity index (χ1n) is 7.58. The zero-order chi connectivity index (χ0) is 14.7. The highest BCUT2D eigenvalue weighted by Gasteiger charge is 2.23. The fourth-order valence-electron chi connectivity index (χ4n) is 2.77. The molecule has 1 fully saturated rings. The van der Waals surface area contributed by atoms with Crippen LogP contribution in [0, 0.1) is 5.92 Å². The SMILES string of the molecule is CC1CCC(c2noc(/C=C/c3ccc(N)cc3)n2)CC1. The smallest absolute Gasteiger partial charge is 0.250 e. The van der Waals surface area contributed by atoms with Crippen molar-refractivity contribution in [1.82, 2.24) is 10.1 Å². The maximum Gasteiger partial charge on any atom is 0.250 e. The van der Waals surface area contributed by atoms with Crippen LogP contribution in [0.1, 0.15) is 55.8 Å². The Hall–Kier alpha value is -2.10. The number of rotatable bonds is 3. The first-order valence-corrected chi connectivity index (χ1v) is 7.58. The van der Waals surface area contributed by atoms with E-state index in [0.29, 0.717) is 11.8 Å². The fraction of sp³-hybridized carbons (Fsp3) is 0.412. The Labute approximate surface area is 125 Å². The molecule has 1 aromatic heterocycles. The molecule has 0 radical (unpaired) electrons. The zero-order valence-corrected chi connectivity index (χ0v) is 12.3. The molecule has 1 aliphatic rings. The van der Waals surface area contributed by atoms with Crippen molar-refractivity contribution in [2.75, 3.05) is 5.73 Å². The minimum Gasteiger partial charge on any atom is -0.399 e. The van der Waals surface area contributed by atoms with Crippen LogP contribution in [0.4, 0.5) is 5.69 Å². The summed E-state index contributed by atoms with van der Waals surface area (Å²) in [5.74, 6) is 2.72. The van der Waals surface area contributed by atoms with Crippen LogP contribution in [-0.4, -0.2) is 10.1 Å². The molecule has 110 valence electrons. The van der Waals surface area contributed by atoms with Crippen LogP contribution < -0.4 is 5.73 Å². The maximum absolute atomic E-state index is 5.66. The molecule has 0 aliphatic heterocycles. The number of benzene rings is 1. The highest BCUT2D eigenvalue weighted by Crippen LogP contribution is 2.34. The Bertz CT molecular complexity index is 607. The lowest BCUT2D eigenvalue weighted by molar-refractivity contribution is 0.327. The van der Waals surface area contributed by atoms with Gasteiger partial charge in [-0.1, -0.05) is 37.1 Å². The summed E-state index contributed by atoms with van der Waals surface area (Å²) in [6.45, 7) is 2.31. The first kappa shape index (κ1) is 13.9. The van der Waals surface area contributed by atoms with Gasteiger partial charge in [-0.3, -0.25) is 0 Å². The van der Waals surface area contributed by atoms with E-state index in [1.165, 1.54) is 25.7 Å². The van der Waals surface area contributed by atoms with Crippen LogP contribution in [0.2, 0.25) is 0 Å². The van der Waals surface area contributed by atoms with Crippen molar-refractivity contribution in [3.63, 3.8) is 0 Å². The molecular weight excluding hydrogens is 262 g/mol. The Balaban J connectivity index is 1.66. The first-order chi connectivity index (χ1) is 10.2. The van der Waals surface area contributed by atoms with Gasteiger partial charge in [0.25, 0.3) is 5.89 Å². The minimum atomic E-state index is 0.462. The predicted molar refractivity (Wildman–Crippen MR) is 84.5 cm³/mol. The molecule has 1 aliphatic carbocycles. The van der Waals surface area contributed by atoms with Gasteiger partial charge in [0.1, 0.15) is 0 Å². The van der Waals surface area contributed by atoms with Gasteiger partial charge in [0.15, 0.2) is 5.82 Å². The van der Waals surface area contributed by atoms with Gasteiger partial charge in [-0.05, 0) is 42.5 Å². The lowest BCUT2D eigenvalue weighted by atomic mass is 9.83. The lowest BCUT2D eigenvalue weighted by Crippen LogP contribution is -2.11. The van der Waals surface area contributed by atoms with Crippen molar-refractivity contribution in [3.8, 4) is 0 Å². The molecule has 0 bridgehead atoms. The Morgan fingerprint density at radius 1 is 1.10 bits per heavy atom. The van der Waals surface area contributed by atoms with Crippen molar-refractivity contribution < 1.29 is 4.52 Å². The van der Waals surface area contributed by atoms with Crippen LogP contribution in [0.15, 0.2) is 28.8 Å². The van der Waals surface area contributed by atoms with Crippen molar-refractivity contribution in [2.45, 2.75) is 38.5 Å². The molecule has 2 N–H and O–H groups in total. The van der Waals surface area contributed by atoms with Crippen LogP contribution in [0.3, 0.4) is 0 Å². The van der Waals surface area contributed by atoms with Crippen LogP contribution in [0.25, 0.3) is 12.2 Å². The highest BCUT2D eigenvalue weighted by atomic mass is 16.5. The third-order valence-corrected chi connectivity index (χ3v) is 4.19. The molecular formula is C17H21N3O. The molecule has 2 aromatic rings. The van der Waals surface area contributed by atoms with E-state index < -0.39 is 0 Å². The molecule has 0 unspecified atom stereocenters. The van der Waals surface area contributed by atoms with Gasteiger partial charge in [-0.15, -0.1) is 0 Å². The molecule has 0 saturated heterocycles. The normalized spacial score (nSPS) is 22.7. The fourth-order valence-corrected chi connectivity index (χ4v) is 2.77. The molecule has 0 amide bonds. The van der Waals surface area contributed by atoms with Gasteiger partial charge in [0, 0.05) is 17.7 Å². The summed E-state index contributed by atoms with van der Waals surface area (Å²) in [5.41, 5.74) is 7.49. The standard InChI is InChI=1S/C17H21N3O/c1-12-2-7-14(8-3-12)17-19-16(21-20-17)11-6-13-4-9-15(18)10-5-13/h4-6,9-12,14H,2-3,7-8,18H2,1H3/b11-6+. The van der Waals surface area contributed by atoms with Crippen molar-refractivity contribution in [2.24, 2.45) is 5.92 Å². The number of anilines is 1. The molecule has 0 spiro atoms. The number of hydrogen-bond acceptors (Lipinski definition) is 4. The van der Waals surface area contributed by atoms with E-state index >= 15 is 0 Å². The minimum absolute atomic E-state index is 0.462. The summed E-state index contributed by atoms with van der Waals surface area (Å²) in [4.78, 5) is 4.50. The second-order valence-corrected chi connectivity index (χ2v) is 5.95. The average Bonchev–Trinajstić information content (AvgIpc) is 2.96.